The molecule has 0 saturated carbocycles. The van der Waals surface area contributed by atoms with Gasteiger partial charge in [0.25, 0.3) is 0 Å². The molecule has 1 atom stereocenters. The molecule has 0 N–H and O–H groups in total. The third kappa shape index (κ3) is 57.2. The van der Waals surface area contributed by atoms with E-state index in [9.17, 15) is 14.4 Å². The lowest BCUT2D eigenvalue weighted by atomic mass is 10.0. The van der Waals surface area contributed by atoms with Crippen molar-refractivity contribution in [2.75, 3.05) is 13.2 Å². The van der Waals surface area contributed by atoms with E-state index in [-0.39, 0.29) is 37.5 Å². The Morgan fingerprint density at radius 2 is 0.556 bits per heavy atom. The minimum atomic E-state index is -0.808. The smallest absolute Gasteiger partial charge is 0.306 e. The van der Waals surface area contributed by atoms with E-state index in [1.54, 1.807) is 0 Å². The van der Waals surface area contributed by atoms with Crippen molar-refractivity contribution in [1.82, 2.24) is 0 Å². The van der Waals surface area contributed by atoms with Gasteiger partial charge in [0.1, 0.15) is 13.2 Å². The van der Waals surface area contributed by atoms with Crippen molar-refractivity contribution >= 4 is 17.9 Å². The van der Waals surface area contributed by atoms with Gasteiger partial charge in [-0.05, 0) is 96.3 Å². The summed E-state index contributed by atoms with van der Waals surface area (Å²) < 4.78 is 16.8. The Hall–Kier alpha value is -3.67. The van der Waals surface area contributed by atoms with Gasteiger partial charge in [-0.1, -0.05) is 266 Å². The summed E-state index contributed by atoms with van der Waals surface area (Å²) >= 11 is 0. The number of ether oxygens (including phenoxy) is 3. The Bertz CT molecular complexity index is 1430. The zero-order chi connectivity index (χ0) is 52.2. The Labute approximate surface area is 445 Å². The fourth-order valence-electron chi connectivity index (χ4n) is 8.31. The highest BCUT2D eigenvalue weighted by molar-refractivity contribution is 5.71. The van der Waals surface area contributed by atoms with Crippen molar-refractivity contribution in [3.05, 3.63) is 97.2 Å². The first-order valence-electron chi connectivity index (χ1n) is 30.2. The summed E-state index contributed by atoms with van der Waals surface area (Å²) in [5, 5.41) is 0. The van der Waals surface area contributed by atoms with Crippen molar-refractivity contribution in [2.45, 2.75) is 290 Å². The predicted octanol–water partition coefficient (Wildman–Crippen LogP) is 20.5. The Morgan fingerprint density at radius 1 is 0.292 bits per heavy atom. The molecular formula is C66H112O6. The summed E-state index contributed by atoms with van der Waals surface area (Å²) in [6.45, 7) is 6.47. The van der Waals surface area contributed by atoms with Crippen LogP contribution in [0.2, 0.25) is 0 Å². The topological polar surface area (TPSA) is 78.9 Å². The third-order valence-electron chi connectivity index (χ3n) is 12.8. The first kappa shape index (κ1) is 68.3. The molecule has 72 heavy (non-hydrogen) atoms. The number of allylic oxidation sites excluding steroid dienone is 16. The van der Waals surface area contributed by atoms with Gasteiger partial charge in [-0.15, -0.1) is 0 Å². The van der Waals surface area contributed by atoms with Crippen LogP contribution in [0.4, 0.5) is 0 Å². The molecule has 6 nitrogen and oxygen atoms in total. The molecule has 412 valence electrons. The van der Waals surface area contributed by atoms with Crippen molar-refractivity contribution in [3.63, 3.8) is 0 Å². The molecule has 0 aliphatic heterocycles. The monoisotopic (exact) mass is 1000 g/mol. The molecule has 0 bridgehead atoms. The van der Waals surface area contributed by atoms with Crippen LogP contribution >= 0.6 is 0 Å². The summed E-state index contributed by atoms with van der Waals surface area (Å²) in [5.41, 5.74) is 0. The van der Waals surface area contributed by atoms with Crippen LogP contribution in [0.1, 0.15) is 284 Å². The van der Waals surface area contributed by atoms with Gasteiger partial charge in [0, 0.05) is 19.3 Å². The van der Waals surface area contributed by atoms with E-state index in [4.69, 9.17) is 14.2 Å². The molecule has 0 radical (unpaired) electrons. The van der Waals surface area contributed by atoms with Gasteiger partial charge in [-0.3, -0.25) is 14.4 Å². The molecule has 0 rings (SSSR count). The molecule has 0 spiro atoms. The number of esters is 3. The third-order valence-corrected chi connectivity index (χ3v) is 12.8. The summed E-state index contributed by atoms with van der Waals surface area (Å²) in [7, 11) is 0. The fraction of sp³-hybridized carbons (Fsp3) is 0.712. The minimum absolute atomic E-state index is 0.0996. The molecular weight excluding hydrogens is 889 g/mol. The molecule has 6 heteroatoms. The molecule has 0 heterocycles. The summed E-state index contributed by atoms with van der Waals surface area (Å²) in [6, 6.07) is 0. The molecule has 0 aromatic heterocycles. The first-order chi connectivity index (χ1) is 35.5. The van der Waals surface area contributed by atoms with E-state index in [0.29, 0.717) is 19.3 Å². The number of rotatable bonds is 54. The lowest BCUT2D eigenvalue weighted by Crippen LogP contribution is -2.30. The van der Waals surface area contributed by atoms with Crippen LogP contribution in [0.25, 0.3) is 0 Å². The molecule has 1 unspecified atom stereocenters. The van der Waals surface area contributed by atoms with Gasteiger partial charge >= 0.3 is 17.9 Å². The second kappa shape index (κ2) is 59.9. The second-order valence-corrected chi connectivity index (χ2v) is 19.9. The van der Waals surface area contributed by atoms with Crippen LogP contribution in [0.3, 0.4) is 0 Å². The van der Waals surface area contributed by atoms with Crippen molar-refractivity contribution in [3.8, 4) is 0 Å². The summed E-state index contributed by atoms with van der Waals surface area (Å²) in [6.07, 6.45) is 79.8. The Balaban J connectivity index is 4.37. The molecule has 0 aromatic carbocycles. The van der Waals surface area contributed by atoms with E-state index in [0.717, 1.165) is 89.9 Å². The fourth-order valence-corrected chi connectivity index (χ4v) is 8.31. The van der Waals surface area contributed by atoms with E-state index in [2.05, 4.69) is 118 Å². The standard InChI is InChI=1S/C66H112O6/c1-4-7-10-13-16-19-22-25-27-29-30-31-32-33-34-35-36-38-39-41-44-47-50-53-56-59-65(68)71-62-63(61-70-64(67)58-55-52-49-46-43-24-21-18-15-12-9-6-3)72-66(69)60-57-54-51-48-45-42-40-37-28-26-23-20-17-14-11-8-5-2/h8,11,17,20,22,25-26,28-30,32-33,40,42,48,51,63H,4-7,9-10,12-16,18-19,21,23-24,27,31,34-39,41,43-47,49-50,52-62H2,1-3H3/b11-8-,20-17-,25-22-,28-26-,30-29-,33-32-,42-40-,51-48-. The normalized spacial score (nSPS) is 12.8. The largest absolute Gasteiger partial charge is 0.462 e. The van der Waals surface area contributed by atoms with Gasteiger partial charge in [-0.2, -0.15) is 0 Å². The highest BCUT2D eigenvalue weighted by atomic mass is 16.6. The van der Waals surface area contributed by atoms with Crippen molar-refractivity contribution in [1.29, 1.82) is 0 Å². The maximum atomic E-state index is 12.8. The second-order valence-electron chi connectivity index (χ2n) is 19.9. The maximum Gasteiger partial charge on any atom is 0.306 e. The summed E-state index contributed by atoms with van der Waals surface area (Å²) in [4.78, 5) is 38.2. The zero-order valence-electron chi connectivity index (χ0n) is 47.2. The molecule has 0 aromatic rings. The highest BCUT2D eigenvalue weighted by Crippen LogP contribution is 2.15. The van der Waals surface area contributed by atoms with E-state index >= 15 is 0 Å². The molecule has 0 saturated heterocycles. The van der Waals surface area contributed by atoms with Gasteiger partial charge < -0.3 is 14.2 Å². The quantitative estimate of drug-likeness (QED) is 0.0261. The SMILES string of the molecule is CC/C=C\C/C=C\C/C=C\C/C=C\C/C=C\CCCC(=O)OC(COC(=O)CCCCCCCCCCCC/C=C\C/C=C\C/C=C\CCCCCCC)COC(=O)CCCCCCCCCCCCCC. The number of carbonyl (C=O) groups excluding carboxylic acids is 3. The Kier molecular flexibility index (Phi) is 56.8. The number of carbonyl (C=O) groups is 3. The van der Waals surface area contributed by atoms with Crippen molar-refractivity contribution < 1.29 is 28.6 Å². The zero-order valence-corrected chi connectivity index (χ0v) is 47.2. The van der Waals surface area contributed by atoms with Crippen LogP contribution < -0.4 is 0 Å². The van der Waals surface area contributed by atoms with Crippen LogP contribution in [0, 0.1) is 0 Å². The molecule has 0 aliphatic carbocycles. The minimum Gasteiger partial charge on any atom is -0.462 e. The number of hydrogen-bond donors (Lipinski definition) is 0. The average molecular weight is 1000 g/mol. The van der Waals surface area contributed by atoms with Crippen molar-refractivity contribution in [2.24, 2.45) is 0 Å². The summed E-state index contributed by atoms with van der Waals surface area (Å²) in [5.74, 6) is -0.957. The highest BCUT2D eigenvalue weighted by Gasteiger charge is 2.19. The van der Waals surface area contributed by atoms with Crippen LogP contribution in [0.5, 0.6) is 0 Å². The van der Waals surface area contributed by atoms with Gasteiger partial charge in [0.05, 0.1) is 0 Å². The van der Waals surface area contributed by atoms with E-state index in [1.165, 1.54) is 148 Å². The van der Waals surface area contributed by atoms with Crippen LogP contribution in [-0.4, -0.2) is 37.2 Å². The van der Waals surface area contributed by atoms with Crippen LogP contribution in [0.15, 0.2) is 97.2 Å². The number of unbranched alkanes of at least 4 members (excludes halogenated alkanes) is 27. The molecule has 0 fully saturated rings. The van der Waals surface area contributed by atoms with E-state index in [1.807, 2.05) is 0 Å². The predicted molar refractivity (Wildman–Crippen MR) is 311 cm³/mol. The lowest BCUT2D eigenvalue weighted by molar-refractivity contribution is -0.167. The average Bonchev–Trinajstić information content (AvgIpc) is 3.38. The molecule has 0 aliphatic rings. The van der Waals surface area contributed by atoms with E-state index < -0.39 is 6.10 Å². The van der Waals surface area contributed by atoms with Gasteiger partial charge in [-0.25, -0.2) is 0 Å². The Morgan fingerprint density at radius 3 is 0.889 bits per heavy atom. The maximum absolute atomic E-state index is 12.8. The first-order valence-corrected chi connectivity index (χ1v) is 30.2. The van der Waals surface area contributed by atoms with Gasteiger partial charge in [0.15, 0.2) is 6.10 Å². The molecule has 0 amide bonds. The van der Waals surface area contributed by atoms with Gasteiger partial charge in [0.2, 0.25) is 0 Å². The van der Waals surface area contributed by atoms with Crippen LogP contribution in [-0.2, 0) is 28.6 Å². The lowest BCUT2D eigenvalue weighted by Gasteiger charge is -2.18. The number of hydrogen-bond acceptors (Lipinski definition) is 6.